The van der Waals surface area contributed by atoms with Gasteiger partial charge in [-0.25, -0.2) is 18.3 Å². The first-order chi connectivity index (χ1) is 29.1. The summed E-state index contributed by atoms with van der Waals surface area (Å²) in [5.41, 5.74) is 4.06. The molecule has 0 aromatic heterocycles. The van der Waals surface area contributed by atoms with Crippen LogP contribution < -0.4 is 18.1 Å². The van der Waals surface area contributed by atoms with Crippen molar-refractivity contribution in [1.82, 2.24) is 17.8 Å². The Morgan fingerprint density at radius 3 is 0.531 bits per heavy atom. The van der Waals surface area contributed by atoms with Gasteiger partial charge in [-0.2, -0.15) is 0 Å². The van der Waals surface area contributed by atoms with Gasteiger partial charge in [-0.05, 0) is 183 Å². The van der Waals surface area contributed by atoms with Crippen molar-refractivity contribution < 1.29 is 36.4 Å². The van der Waals surface area contributed by atoms with Crippen molar-refractivity contribution in [2.45, 2.75) is 161 Å². The Morgan fingerprint density at radius 2 is 0.422 bits per heavy atom. The summed E-state index contributed by atoms with van der Waals surface area (Å²) < 4.78 is 89.8. The van der Waals surface area contributed by atoms with Crippen LogP contribution in [-0.4, -0.2) is 39.9 Å². The van der Waals surface area contributed by atoms with Crippen LogP contribution in [0.3, 0.4) is 0 Å². The van der Waals surface area contributed by atoms with Crippen LogP contribution in [-0.2, 0) is 18.3 Å². The molecule has 2 aliphatic heterocycles. The first-order valence-electron chi connectivity index (χ1n) is 21.7. The third-order valence-corrected chi connectivity index (χ3v) is 26.5. The quantitative estimate of drug-likeness (QED) is 0.156. The number of nitrogens with zero attached hydrogens (tertiary/aromatic N) is 4. The van der Waals surface area contributed by atoms with Crippen LogP contribution in [0, 0.1) is 55.4 Å². The minimum Gasteiger partial charge on any atom is -0.421 e. The number of hydrogen-bond donors (Lipinski definition) is 0. The van der Waals surface area contributed by atoms with Crippen molar-refractivity contribution in [2.24, 2.45) is 0 Å². The minimum atomic E-state index is -3.74. The molecule has 0 aliphatic carbocycles. The van der Waals surface area contributed by atoms with Crippen molar-refractivity contribution in [3.63, 3.8) is 0 Å². The SMILES string of the molecule is Cc1cccc(C)c1OP1(=O)N(C(C)(C)C)P(=O)(Oc2c(C)cccc2C)N1C(C)(C)C.Cc1cccc(C)c1OP1(=O)N(C(C)(C)C)P(=O)(Oc2c(C)cccc2C)N1C(C)(C)C. The van der Waals surface area contributed by atoms with Gasteiger partial charge in [0.2, 0.25) is 0 Å². The van der Waals surface area contributed by atoms with E-state index < -0.39 is 52.8 Å². The number of benzene rings is 4. The standard InChI is InChI=1S/2C24H36N2O4P2/c2*1-17-13-11-14-18(2)21(17)29-31(27)25(23(5,6)7)32(28,26(31)24(8,9)10)30-22-19(3)15-12-16-20(22)4/h2*11-16H,1-10H3. The number of para-hydroxylation sites is 4. The van der Waals surface area contributed by atoms with Crippen LogP contribution in [0.1, 0.15) is 128 Å². The largest absolute Gasteiger partial charge is 0.421 e. The highest BCUT2D eigenvalue weighted by Gasteiger charge is 2.77. The molecule has 2 aliphatic rings. The van der Waals surface area contributed by atoms with Gasteiger partial charge in [0.25, 0.3) is 0 Å². The smallest absolute Gasteiger partial charge is 0.415 e. The molecule has 2 saturated heterocycles. The zero-order valence-electron chi connectivity index (χ0n) is 41.8. The Bertz CT molecular complexity index is 2150. The number of rotatable bonds is 8. The molecule has 0 N–H and O–H groups in total. The first-order valence-corrected chi connectivity index (χ1v) is 27.9. The van der Waals surface area contributed by atoms with E-state index in [1.165, 1.54) is 17.8 Å². The van der Waals surface area contributed by atoms with E-state index >= 15 is 0 Å². The monoisotopic (exact) mass is 956 g/mol. The van der Waals surface area contributed by atoms with Crippen LogP contribution >= 0.6 is 30.7 Å². The lowest BCUT2D eigenvalue weighted by molar-refractivity contribution is 0.159. The van der Waals surface area contributed by atoms with Crippen molar-refractivity contribution in [3.8, 4) is 23.0 Å². The van der Waals surface area contributed by atoms with E-state index in [-0.39, 0.29) is 0 Å². The van der Waals surface area contributed by atoms with Gasteiger partial charge in [0.05, 0.1) is 0 Å². The topological polar surface area (TPSA) is 118 Å². The lowest BCUT2D eigenvalue weighted by Gasteiger charge is -2.60. The van der Waals surface area contributed by atoms with Gasteiger partial charge in [0.1, 0.15) is 23.0 Å². The molecule has 64 heavy (non-hydrogen) atoms. The second-order valence-corrected chi connectivity index (χ2v) is 30.2. The Morgan fingerprint density at radius 1 is 0.297 bits per heavy atom. The predicted octanol–water partition coefficient (Wildman–Crippen LogP) is 15.6. The average Bonchev–Trinajstić information content (AvgIpc) is 3.08. The van der Waals surface area contributed by atoms with Crippen molar-refractivity contribution in [2.75, 3.05) is 0 Å². The fourth-order valence-electron chi connectivity index (χ4n) is 8.42. The van der Waals surface area contributed by atoms with Gasteiger partial charge in [-0.15, -0.1) is 17.8 Å². The predicted molar refractivity (Wildman–Crippen MR) is 263 cm³/mol. The van der Waals surface area contributed by atoms with Crippen LogP contribution in [0.15, 0.2) is 72.8 Å². The molecule has 0 saturated carbocycles. The highest BCUT2D eigenvalue weighted by molar-refractivity contribution is 7.85. The Balaban J connectivity index is 0.000000241. The first kappa shape index (κ1) is 51.8. The van der Waals surface area contributed by atoms with Crippen LogP contribution in [0.5, 0.6) is 23.0 Å². The summed E-state index contributed by atoms with van der Waals surface area (Å²) in [5, 5.41) is 0. The molecule has 12 nitrogen and oxygen atoms in total. The molecule has 6 rings (SSSR count). The lowest BCUT2D eigenvalue weighted by Crippen LogP contribution is -2.59. The summed E-state index contributed by atoms with van der Waals surface area (Å²) in [5.74, 6) is 2.21. The zero-order valence-corrected chi connectivity index (χ0v) is 45.3. The van der Waals surface area contributed by atoms with Gasteiger partial charge >= 0.3 is 30.7 Å². The molecule has 4 aromatic carbocycles. The fraction of sp³-hybridized carbons (Fsp3) is 0.500. The Hall–Kier alpha value is -3.16. The molecule has 2 heterocycles. The molecule has 2 fully saturated rings. The minimum absolute atomic E-state index is 0.553. The third kappa shape index (κ3) is 9.38. The Kier molecular flexibility index (Phi) is 14.2. The summed E-state index contributed by atoms with van der Waals surface area (Å²) in [6.07, 6.45) is 0. The zero-order chi connectivity index (χ0) is 48.6. The summed E-state index contributed by atoms with van der Waals surface area (Å²) in [6.45, 7) is 38.0. The van der Waals surface area contributed by atoms with Crippen LogP contribution in [0.25, 0.3) is 0 Å². The molecule has 0 radical (unpaired) electrons. The maximum Gasteiger partial charge on any atom is 0.415 e. The molecular formula is C48H72N4O8P4. The van der Waals surface area contributed by atoms with E-state index in [1.54, 1.807) is 0 Å². The van der Waals surface area contributed by atoms with Crippen molar-refractivity contribution in [1.29, 1.82) is 0 Å². The molecule has 352 valence electrons. The van der Waals surface area contributed by atoms with Gasteiger partial charge in [-0.1, -0.05) is 72.8 Å². The van der Waals surface area contributed by atoms with Crippen LogP contribution in [0.2, 0.25) is 0 Å². The average molecular weight is 957 g/mol. The van der Waals surface area contributed by atoms with Crippen molar-refractivity contribution in [3.05, 3.63) is 117 Å². The number of aryl methyl sites for hydroxylation is 8. The summed E-state index contributed by atoms with van der Waals surface area (Å²) in [7, 11) is -15.0. The van der Waals surface area contributed by atoms with E-state index in [9.17, 15) is 18.3 Å². The number of hydrogen-bond acceptors (Lipinski definition) is 8. The van der Waals surface area contributed by atoms with E-state index in [0.29, 0.717) is 23.0 Å². The fourth-order valence-corrected chi connectivity index (χ4v) is 24.2. The molecule has 4 aromatic rings. The molecule has 0 unspecified atom stereocenters. The maximum absolute atomic E-state index is 14.7. The van der Waals surface area contributed by atoms with E-state index in [1.807, 2.05) is 211 Å². The normalized spacial score (nSPS) is 24.8. The van der Waals surface area contributed by atoms with Gasteiger partial charge in [0, 0.05) is 22.2 Å². The van der Waals surface area contributed by atoms with Gasteiger partial charge in [-0.3, -0.25) is 0 Å². The van der Waals surface area contributed by atoms with Crippen LogP contribution in [0.4, 0.5) is 0 Å². The van der Waals surface area contributed by atoms with E-state index in [4.69, 9.17) is 18.1 Å². The van der Waals surface area contributed by atoms with E-state index in [2.05, 4.69) is 0 Å². The van der Waals surface area contributed by atoms with Crippen molar-refractivity contribution >= 4 is 30.7 Å². The van der Waals surface area contributed by atoms with Gasteiger partial charge in [0.15, 0.2) is 0 Å². The maximum atomic E-state index is 14.7. The molecule has 0 bridgehead atoms. The molecule has 16 heteroatoms. The highest BCUT2D eigenvalue weighted by Crippen LogP contribution is 2.90. The molecule has 0 atom stereocenters. The molecule has 0 spiro atoms. The van der Waals surface area contributed by atoms with E-state index in [0.717, 1.165) is 44.5 Å². The second kappa shape index (κ2) is 17.5. The van der Waals surface area contributed by atoms with Gasteiger partial charge < -0.3 is 18.1 Å². The highest BCUT2D eigenvalue weighted by atomic mass is 31.3. The molecular weight excluding hydrogens is 884 g/mol. The second-order valence-electron chi connectivity index (χ2n) is 21.1. The Labute approximate surface area is 384 Å². The molecule has 0 amide bonds. The summed E-state index contributed by atoms with van der Waals surface area (Å²) in [4.78, 5) is 0. The lowest BCUT2D eigenvalue weighted by atomic mass is 10.1. The third-order valence-electron chi connectivity index (χ3n) is 10.8. The summed E-state index contributed by atoms with van der Waals surface area (Å²) in [6, 6.07) is 23.1. The summed E-state index contributed by atoms with van der Waals surface area (Å²) >= 11 is 0.